The molecule has 0 saturated heterocycles. The number of carbonyl (C=O) groups excluding carboxylic acids is 1. The van der Waals surface area contributed by atoms with Gasteiger partial charge in [0.25, 0.3) is 11.5 Å². The van der Waals surface area contributed by atoms with Gasteiger partial charge in [-0.25, -0.2) is 9.78 Å². The number of nitrogens with zero attached hydrogens (tertiary/aromatic N) is 4. The molecule has 1 fully saturated rings. The van der Waals surface area contributed by atoms with E-state index in [0.717, 1.165) is 11.8 Å². The van der Waals surface area contributed by atoms with Crippen molar-refractivity contribution in [3.8, 4) is 11.4 Å². The van der Waals surface area contributed by atoms with E-state index in [1.54, 1.807) is 17.7 Å². The Labute approximate surface area is 237 Å². The summed E-state index contributed by atoms with van der Waals surface area (Å²) >= 11 is 0. The molecule has 1 aliphatic carbocycles. The SMILES string of the molecule is Cc1cn(-c2ccc3n(c2=O)CCN(C[C@@]24C[C@@H]2COc2ccc(S(F)(F)(F)(F)F)cc24)C3=O)cn1.O=C(O)C(F)(F)F. The van der Waals surface area contributed by atoms with E-state index >= 15 is 0 Å². The van der Waals surface area contributed by atoms with Gasteiger partial charge in [0.05, 0.1) is 18.6 Å². The Kier molecular flexibility index (Phi) is 6.33. The number of rotatable bonds is 4. The molecule has 2 aromatic heterocycles. The Bertz CT molecular complexity index is 1720. The summed E-state index contributed by atoms with van der Waals surface area (Å²) in [5, 5.41) is 7.12. The van der Waals surface area contributed by atoms with Gasteiger partial charge in [-0.2, -0.15) is 13.2 Å². The first-order valence-electron chi connectivity index (χ1n) is 12.5. The van der Waals surface area contributed by atoms with Crippen LogP contribution >= 0.6 is 10.2 Å². The van der Waals surface area contributed by atoms with E-state index < -0.39 is 38.6 Å². The van der Waals surface area contributed by atoms with E-state index in [4.69, 9.17) is 14.6 Å². The number of aromatic nitrogens is 3. The second-order valence-electron chi connectivity index (χ2n) is 10.5. The van der Waals surface area contributed by atoms with Crippen molar-refractivity contribution < 1.29 is 52.0 Å². The first-order valence-corrected chi connectivity index (χ1v) is 14.4. The number of fused-ring (bicyclic) bond motifs is 4. The van der Waals surface area contributed by atoms with Gasteiger partial charge in [-0.05, 0) is 43.7 Å². The third-order valence-electron chi connectivity index (χ3n) is 7.56. The molecule has 3 aliphatic rings. The maximum atomic E-state index is 13.5. The highest BCUT2D eigenvalue weighted by Gasteiger charge is 2.67. The number of pyridine rings is 1. The molecule has 4 heterocycles. The van der Waals surface area contributed by atoms with Crippen molar-refractivity contribution in [2.24, 2.45) is 5.92 Å². The molecule has 43 heavy (non-hydrogen) atoms. The van der Waals surface area contributed by atoms with Crippen LogP contribution in [0.15, 0.2) is 52.5 Å². The van der Waals surface area contributed by atoms with Crippen LogP contribution in [0.2, 0.25) is 0 Å². The Balaban J connectivity index is 0.000000472. The van der Waals surface area contributed by atoms with Gasteiger partial charge in [0, 0.05) is 42.7 Å². The second-order valence-corrected chi connectivity index (χ2v) is 12.9. The van der Waals surface area contributed by atoms with Crippen LogP contribution in [-0.2, 0) is 16.8 Å². The van der Waals surface area contributed by atoms with Gasteiger partial charge < -0.3 is 23.9 Å². The van der Waals surface area contributed by atoms with Crippen LogP contribution in [0, 0.1) is 12.8 Å². The number of carboxylic acid groups (broad SMARTS) is 1. The molecule has 18 heteroatoms. The highest BCUT2D eigenvalue weighted by molar-refractivity contribution is 8.45. The number of hydrogen-bond acceptors (Lipinski definition) is 5. The minimum Gasteiger partial charge on any atom is -0.493 e. The molecule has 3 aromatic rings. The van der Waals surface area contributed by atoms with Gasteiger partial charge in [0.15, 0.2) is 0 Å². The average molecular weight is 643 g/mol. The zero-order valence-electron chi connectivity index (χ0n) is 22.0. The van der Waals surface area contributed by atoms with Gasteiger partial charge in [-0.3, -0.25) is 9.59 Å². The summed E-state index contributed by atoms with van der Waals surface area (Å²) < 4.78 is 108. The number of aliphatic carboxylic acids is 1. The normalized spacial score (nSPS) is 22.5. The van der Waals surface area contributed by atoms with E-state index in [1.165, 1.54) is 27.9 Å². The summed E-state index contributed by atoms with van der Waals surface area (Å²) in [6.45, 7) is 2.41. The van der Waals surface area contributed by atoms with E-state index in [2.05, 4.69) is 4.98 Å². The highest BCUT2D eigenvalue weighted by atomic mass is 32.5. The quantitative estimate of drug-likeness (QED) is 0.380. The van der Waals surface area contributed by atoms with Gasteiger partial charge in [-0.1, -0.05) is 19.4 Å². The topological polar surface area (TPSA) is 107 Å². The van der Waals surface area contributed by atoms with Crippen LogP contribution in [0.5, 0.6) is 5.75 Å². The molecule has 1 N–H and O–H groups in total. The number of imidazole rings is 1. The van der Waals surface area contributed by atoms with Crippen molar-refractivity contribution in [3.05, 3.63) is 70.2 Å². The summed E-state index contributed by atoms with van der Waals surface area (Å²) in [5.41, 5.74) is 0.00167. The lowest BCUT2D eigenvalue weighted by Crippen LogP contribution is -2.48. The van der Waals surface area contributed by atoms with Crippen molar-refractivity contribution in [1.82, 2.24) is 19.0 Å². The van der Waals surface area contributed by atoms with E-state index in [1.807, 2.05) is 0 Å². The van der Waals surface area contributed by atoms with E-state index in [-0.39, 0.29) is 54.7 Å². The number of halogens is 8. The lowest BCUT2D eigenvalue weighted by atomic mass is 9.89. The summed E-state index contributed by atoms with van der Waals surface area (Å²) in [6.07, 6.45) is -1.47. The number of ether oxygens (including phenoxy) is 1. The van der Waals surface area contributed by atoms with Crippen LogP contribution in [0.25, 0.3) is 5.69 Å². The molecule has 234 valence electrons. The van der Waals surface area contributed by atoms with E-state index in [9.17, 15) is 42.2 Å². The predicted molar refractivity (Wildman–Crippen MR) is 135 cm³/mol. The molecule has 0 unspecified atom stereocenters. The van der Waals surface area contributed by atoms with Crippen molar-refractivity contribution in [1.29, 1.82) is 0 Å². The fraction of sp³-hybridized carbons (Fsp3) is 0.360. The summed E-state index contributed by atoms with van der Waals surface area (Å²) in [5.74, 6) is -3.27. The maximum absolute atomic E-state index is 13.5. The van der Waals surface area contributed by atoms with Crippen molar-refractivity contribution in [2.45, 2.75) is 36.4 Å². The highest BCUT2D eigenvalue weighted by Crippen LogP contribution is 3.02. The Morgan fingerprint density at radius 2 is 1.79 bits per heavy atom. The molecule has 0 bridgehead atoms. The van der Waals surface area contributed by atoms with Crippen molar-refractivity contribution in [3.63, 3.8) is 0 Å². The summed E-state index contributed by atoms with van der Waals surface area (Å²) in [6, 6.07) is 4.84. The molecule has 1 aromatic carbocycles. The third kappa shape index (κ3) is 5.66. The minimum absolute atomic E-state index is 0.0473. The van der Waals surface area contributed by atoms with Crippen molar-refractivity contribution in [2.75, 3.05) is 19.7 Å². The second kappa shape index (κ2) is 8.96. The molecule has 0 radical (unpaired) electrons. The zero-order chi connectivity index (χ0) is 31.8. The standard InChI is InChI=1S/C23H21F5N4O3S.C2HF3O2/c1-14-10-31(13-29-14)18-3-4-19-21(33)30(6-7-32(19)22(18)34)12-23-9-15(23)11-35-20-5-2-16(8-17(20)23)36(24,25,26,27)28;3-2(4,5)1(6)7/h2-5,8,10,13,15H,6-7,9,11-12H2,1H3;(H,6,7)/t15-,23+;/m1./s1. The number of benzene rings is 1. The Morgan fingerprint density at radius 1 is 1.12 bits per heavy atom. The maximum Gasteiger partial charge on any atom is 0.490 e. The zero-order valence-corrected chi connectivity index (χ0v) is 22.8. The fourth-order valence-electron chi connectivity index (χ4n) is 5.36. The lowest BCUT2D eigenvalue weighted by molar-refractivity contribution is -0.192. The van der Waals surface area contributed by atoms with E-state index in [0.29, 0.717) is 24.2 Å². The first kappa shape index (κ1) is 30.4. The largest absolute Gasteiger partial charge is 0.493 e. The smallest absolute Gasteiger partial charge is 0.490 e. The number of carboxylic acids is 1. The molecular formula is C25H22F8N4O5S. The number of hydrogen-bond donors (Lipinski definition) is 1. The monoisotopic (exact) mass is 642 g/mol. The molecule has 0 spiro atoms. The molecule has 6 rings (SSSR count). The number of aryl methyl sites for hydroxylation is 1. The first-order chi connectivity index (χ1) is 19.6. The number of amides is 1. The summed E-state index contributed by atoms with van der Waals surface area (Å²) in [4.78, 5) is 38.9. The van der Waals surface area contributed by atoms with Gasteiger partial charge >= 0.3 is 22.4 Å². The molecule has 9 nitrogen and oxygen atoms in total. The predicted octanol–water partition coefficient (Wildman–Crippen LogP) is 5.44. The van der Waals surface area contributed by atoms with Crippen LogP contribution in [-0.4, -0.2) is 61.9 Å². The van der Waals surface area contributed by atoms with Crippen LogP contribution in [0.1, 0.15) is 28.2 Å². The van der Waals surface area contributed by atoms with Crippen LogP contribution in [0.3, 0.4) is 0 Å². The molecular weight excluding hydrogens is 620 g/mol. The Morgan fingerprint density at radius 3 is 2.37 bits per heavy atom. The molecule has 1 saturated carbocycles. The molecule has 1 amide bonds. The lowest BCUT2D eigenvalue weighted by Gasteiger charge is -2.41. The van der Waals surface area contributed by atoms with Crippen LogP contribution < -0.4 is 10.3 Å². The van der Waals surface area contributed by atoms with Crippen molar-refractivity contribution >= 4 is 22.1 Å². The van der Waals surface area contributed by atoms with Gasteiger partial charge in [0.1, 0.15) is 22.0 Å². The summed E-state index contributed by atoms with van der Waals surface area (Å²) in [7, 11) is -9.89. The third-order valence-corrected chi connectivity index (χ3v) is 8.71. The number of carbonyl (C=O) groups is 2. The van der Waals surface area contributed by atoms with Gasteiger partial charge in [-0.15, -0.1) is 0 Å². The minimum atomic E-state index is -9.89. The van der Waals surface area contributed by atoms with Gasteiger partial charge in [0.2, 0.25) is 0 Å². The molecule has 2 aliphatic heterocycles. The van der Waals surface area contributed by atoms with Crippen LogP contribution in [0.4, 0.5) is 32.6 Å². The average Bonchev–Trinajstić information content (AvgIpc) is 3.46. The molecule has 2 atom stereocenters. The number of alkyl halides is 3. The Hall–Kier alpha value is -4.09. The fourth-order valence-corrected chi connectivity index (χ4v) is 6.03.